The quantitative estimate of drug-likeness (QED) is 0.739. The molecule has 0 saturated heterocycles. The number of thiophene rings is 1. The van der Waals surface area contributed by atoms with Gasteiger partial charge < -0.3 is 4.90 Å². The zero-order chi connectivity index (χ0) is 14.8. The fourth-order valence-corrected chi connectivity index (χ4v) is 2.85. The minimum atomic E-state index is 0.147. The summed E-state index contributed by atoms with van der Waals surface area (Å²) in [5, 5.41) is 6.31. The van der Waals surface area contributed by atoms with Gasteiger partial charge in [-0.05, 0) is 36.0 Å². The SMILES string of the molecule is CC(c1cccs1)N(C)c1nc(Cl)nc(-n2cccn2)n1. The van der Waals surface area contributed by atoms with Crippen molar-refractivity contribution in [3.63, 3.8) is 0 Å². The Morgan fingerprint density at radius 3 is 2.81 bits per heavy atom. The largest absolute Gasteiger partial charge is 0.336 e. The summed E-state index contributed by atoms with van der Waals surface area (Å²) >= 11 is 7.71. The average Bonchev–Trinajstić information content (AvgIpc) is 3.17. The molecule has 0 aliphatic heterocycles. The van der Waals surface area contributed by atoms with Crippen molar-refractivity contribution in [1.82, 2.24) is 24.7 Å². The van der Waals surface area contributed by atoms with Crippen LogP contribution in [0.15, 0.2) is 36.0 Å². The molecular weight excluding hydrogens is 308 g/mol. The van der Waals surface area contributed by atoms with Crippen molar-refractivity contribution < 1.29 is 0 Å². The topological polar surface area (TPSA) is 59.7 Å². The van der Waals surface area contributed by atoms with E-state index < -0.39 is 0 Å². The summed E-state index contributed by atoms with van der Waals surface area (Å²) in [6, 6.07) is 6.06. The van der Waals surface area contributed by atoms with E-state index in [0.29, 0.717) is 11.9 Å². The number of hydrogen-bond donors (Lipinski definition) is 0. The molecule has 0 amide bonds. The maximum Gasteiger partial charge on any atom is 0.256 e. The third-order valence-electron chi connectivity index (χ3n) is 3.15. The van der Waals surface area contributed by atoms with Gasteiger partial charge in [0.15, 0.2) is 0 Å². The monoisotopic (exact) mass is 320 g/mol. The molecule has 8 heteroatoms. The molecule has 3 aromatic rings. The summed E-state index contributed by atoms with van der Waals surface area (Å²) in [7, 11) is 1.93. The number of rotatable bonds is 4. The van der Waals surface area contributed by atoms with Gasteiger partial charge in [0.05, 0.1) is 6.04 Å². The maximum absolute atomic E-state index is 6.01. The first kappa shape index (κ1) is 14.0. The second-order valence-corrected chi connectivity index (χ2v) is 5.77. The van der Waals surface area contributed by atoms with Crippen LogP contribution < -0.4 is 4.90 Å². The zero-order valence-corrected chi connectivity index (χ0v) is 13.1. The number of halogens is 1. The standard InChI is InChI=1S/C13H13ClN6S/c1-9(10-5-3-8-21-10)19(2)12-16-11(14)17-13(18-12)20-7-4-6-15-20/h3-9H,1-2H3. The van der Waals surface area contributed by atoms with Gasteiger partial charge in [-0.3, -0.25) is 0 Å². The van der Waals surface area contributed by atoms with Crippen molar-refractivity contribution in [2.45, 2.75) is 13.0 Å². The lowest BCUT2D eigenvalue weighted by molar-refractivity contribution is 0.709. The van der Waals surface area contributed by atoms with Crippen molar-refractivity contribution in [3.05, 3.63) is 46.1 Å². The Hall–Kier alpha value is -1.99. The van der Waals surface area contributed by atoms with E-state index in [1.807, 2.05) is 18.0 Å². The van der Waals surface area contributed by atoms with Gasteiger partial charge in [-0.2, -0.15) is 20.1 Å². The molecule has 3 aromatic heterocycles. The summed E-state index contributed by atoms with van der Waals surface area (Å²) in [6.45, 7) is 2.09. The molecule has 1 atom stereocenters. The molecular formula is C13H13ClN6S. The highest BCUT2D eigenvalue weighted by Gasteiger charge is 2.18. The lowest BCUT2D eigenvalue weighted by atomic mass is 10.2. The highest BCUT2D eigenvalue weighted by molar-refractivity contribution is 7.10. The maximum atomic E-state index is 6.01. The molecule has 1 unspecified atom stereocenters. The molecule has 21 heavy (non-hydrogen) atoms. The lowest BCUT2D eigenvalue weighted by Gasteiger charge is -2.24. The van der Waals surface area contributed by atoms with E-state index in [0.717, 1.165) is 0 Å². The Morgan fingerprint density at radius 1 is 1.29 bits per heavy atom. The van der Waals surface area contributed by atoms with E-state index in [9.17, 15) is 0 Å². The van der Waals surface area contributed by atoms with Gasteiger partial charge >= 0.3 is 0 Å². The second-order valence-electron chi connectivity index (χ2n) is 4.46. The normalized spacial score (nSPS) is 12.3. The second kappa shape index (κ2) is 5.79. The first-order valence-electron chi connectivity index (χ1n) is 6.33. The molecule has 0 aliphatic rings. The van der Waals surface area contributed by atoms with Gasteiger partial charge in [-0.25, -0.2) is 4.68 Å². The molecule has 0 bridgehead atoms. The number of aromatic nitrogens is 5. The molecule has 0 aromatic carbocycles. The van der Waals surface area contributed by atoms with Crippen LogP contribution in [0.3, 0.4) is 0 Å². The van der Waals surface area contributed by atoms with Crippen molar-refractivity contribution >= 4 is 28.9 Å². The summed E-state index contributed by atoms with van der Waals surface area (Å²) < 4.78 is 1.56. The zero-order valence-electron chi connectivity index (χ0n) is 11.5. The van der Waals surface area contributed by atoms with E-state index in [1.54, 1.807) is 34.5 Å². The summed E-state index contributed by atoms with van der Waals surface area (Å²) in [6.07, 6.45) is 3.42. The minimum absolute atomic E-state index is 0.147. The van der Waals surface area contributed by atoms with Crippen molar-refractivity contribution in [3.8, 4) is 5.95 Å². The van der Waals surface area contributed by atoms with Gasteiger partial charge in [0.2, 0.25) is 11.2 Å². The third-order valence-corrected chi connectivity index (χ3v) is 4.36. The molecule has 0 saturated carbocycles. The number of hydrogen-bond acceptors (Lipinski definition) is 6. The Labute approximate surface area is 131 Å². The number of anilines is 1. The highest BCUT2D eigenvalue weighted by Crippen LogP contribution is 2.26. The molecule has 3 rings (SSSR count). The predicted molar refractivity (Wildman–Crippen MR) is 83.1 cm³/mol. The average molecular weight is 321 g/mol. The van der Waals surface area contributed by atoms with Gasteiger partial charge in [0, 0.05) is 24.3 Å². The Morgan fingerprint density at radius 2 is 2.14 bits per heavy atom. The van der Waals surface area contributed by atoms with E-state index in [2.05, 4.69) is 38.4 Å². The van der Waals surface area contributed by atoms with Crippen molar-refractivity contribution in [1.29, 1.82) is 0 Å². The van der Waals surface area contributed by atoms with Gasteiger partial charge in [0.25, 0.3) is 5.95 Å². The van der Waals surface area contributed by atoms with Crippen LogP contribution in [0.1, 0.15) is 17.8 Å². The van der Waals surface area contributed by atoms with E-state index in [1.165, 1.54) is 4.88 Å². The Kier molecular flexibility index (Phi) is 3.85. The van der Waals surface area contributed by atoms with Crippen LogP contribution in [0.5, 0.6) is 0 Å². The Bertz CT molecular complexity index is 712. The molecule has 0 N–H and O–H groups in total. The van der Waals surface area contributed by atoms with Crippen molar-refractivity contribution in [2.24, 2.45) is 0 Å². The van der Waals surface area contributed by atoms with Crippen LogP contribution in [0, 0.1) is 0 Å². The summed E-state index contributed by atoms with van der Waals surface area (Å²) in [5.41, 5.74) is 0. The number of nitrogens with zero attached hydrogens (tertiary/aromatic N) is 6. The van der Waals surface area contributed by atoms with Crippen molar-refractivity contribution in [2.75, 3.05) is 11.9 Å². The van der Waals surface area contributed by atoms with E-state index in [-0.39, 0.29) is 11.3 Å². The molecule has 0 radical (unpaired) electrons. The lowest BCUT2D eigenvalue weighted by Crippen LogP contribution is -2.24. The molecule has 108 valence electrons. The summed E-state index contributed by atoms with van der Waals surface area (Å²) in [5.74, 6) is 0.918. The molecule has 6 nitrogen and oxygen atoms in total. The first-order chi connectivity index (χ1) is 10.1. The molecule has 0 aliphatic carbocycles. The van der Waals surface area contributed by atoms with Gasteiger partial charge in [-0.1, -0.05) is 6.07 Å². The smallest absolute Gasteiger partial charge is 0.256 e. The fraction of sp³-hybridized carbons (Fsp3) is 0.231. The van der Waals surface area contributed by atoms with Crippen LogP contribution in [0.25, 0.3) is 5.95 Å². The minimum Gasteiger partial charge on any atom is -0.336 e. The van der Waals surface area contributed by atoms with Crippen LogP contribution in [-0.4, -0.2) is 31.8 Å². The van der Waals surface area contributed by atoms with Crippen LogP contribution >= 0.6 is 22.9 Å². The van der Waals surface area contributed by atoms with Crippen LogP contribution in [-0.2, 0) is 0 Å². The van der Waals surface area contributed by atoms with E-state index >= 15 is 0 Å². The van der Waals surface area contributed by atoms with Crippen LogP contribution in [0.2, 0.25) is 5.28 Å². The highest BCUT2D eigenvalue weighted by atomic mass is 35.5. The molecule has 0 fully saturated rings. The van der Waals surface area contributed by atoms with Crippen LogP contribution in [0.4, 0.5) is 5.95 Å². The fourth-order valence-electron chi connectivity index (χ4n) is 1.87. The Balaban J connectivity index is 1.95. The molecule has 0 spiro atoms. The third kappa shape index (κ3) is 2.88. The van der Waals surface area contributed by atoms with Gasteiger partial charge in [-0.15, -0.1) is 11.3 Å². The summed E-state index contributed by atoms with van der Waals surface area (Å²) in [4.78, 5) is 15.9. The predicted octanol–water partition coefficient (Wildman–Crippen LogP) is 2.97. The van der Waals surface area contributed by atoms with E-state index in [4.69, 9.17) is 11.6 Å². The van der Waals surface area contributed by atoms with Gasteiger partial charge in [0.1, 0.15) is 0 Å². The molecule has 3 heterocycles. The first-order valence-corrected chi connectivity index (χ1v) is 7.59.